The maximum absolute atomic E-state index is 14.0. The maximum atomic E-state index is 14.0. The van der Waals surface area contributed by atoms with Crippen molar-refractivity contribution in [2.24, 2.45) is 7.05 Å². The molecule has 3 aromatic heterocycles. The summed E-state index contributed by atoms with van der Waals surface area (Å²) in [5, 5.41) is 3.05. The molecule has 4 aromatic rings. The Morgan fingerprint density at radius 2 is 2.00 bits per heavy atom. The van der Waals surface area contributed by atoms with Gasteiger partial charge < -0.3 is 20.4 Å². The number of imidazole rings is 2. The van der Waals surface area contributed by atoms with Crippen molar-refractivity contribution in [1.29, 1.82) is 0 Å². The number of hydrogen-bond acceptors (Lipinski definition) is 8. The number of nitrogen functional groups attached to an aromatic ring is 1. The van der Waals surface area contributed by atoms with Crippen LogP contribution >= 0.6 is 0 Å². The number of nitrogens with one attached hydrogen (secondary N) is 1. The van der Waals surface area contributed by atoms with E-state index in [1.165, 1.54) is 16.7 Å². The number of rotatable bonds is 6. The fourth-order valence-electron chi connectivity index (χ4n) is 4.43. The first kappa shape index (κ1) is 24.1. The number of pyridine rings is 1. The molecule has 10 nitrogen and oxygen atoms in total. The molecular weight excluding hydrogens is 492 g/mol. The van der Waals surface area contributed by atoms with Crippen LogP contribution in [0.4, 0.5) is 26.0 Å². The average molecular weight is 518 g/mol. The van der Waals surface area contributed by atoms with E-state index in [4.69, 9.17) is 10.5 Å². The highest BCUT2D eigenvalue weighted by Crippen LogP contribution is 2.37. The molecule has 1 fully saturated rings. The van der Waals surface area contributed by atoms with Crippen molar-refractivity contribution in [1.82, 2.24) is 24.1 Å². The quantitative estimate of drug-likeness (QED) is 0.389. The smallest absolute Gasteiger partial charge is 0.295 e. The van der Waals surface area contributed by atoms with Crippen LogP contribution < -0.4 is 11.1 Å². The third-order valence-corrected chi connectivity index (χ3v) is 7.23. The van der Waals surface area contributed by atoms with E-state index in [-0.39, 0.29) is 33.3 Å². The minimum atomic E-state index is -3.68. The predicted octanol–water partition coefficient (Wildman–Crippen LogP) is 4.20. The van der Waals surface area contributed by atoms with Gasteiger partial charge in [0.2, 0.25) is 0 Å². The molecule has 5 rings (SSSR count). The van der Waals surface area contributed by atoms with E-state index in [0.29, 0.717) is 18.6 Å². The predicted molar refractivity (Wildman–Crippen MR) is 131 cm³/mol. The molecule has 0 bridgehead atoms. The average Bonchev–Trinajstić information content (AvgIpc) is 3.43. The third-order valence-electron chi connectivity index (χ3n) is 6.10. The summed E-state index contributed by atoms with van der Waals surface area (Å²) in [6.45, 7) is 0.446. The maximum Gasteiger partial charge on any atom is 0.295 e. The second kappa shape index (κ2) is 9.13. The van der Waals surface area contributed by atoms with E-state index in [1.54, 1.807) is 36.3 Å². The summed E-state index contributed by atoms with van der Waals surface area (Å²) in [7, 11) is -1.88. The molecule has 13 heteroatoms. The summed E-state index contributed by atoms with van der Waals surface area (Å²) in [4.78, 5) is 12.6. The zero-order valence-electron chi connectivity index (χ0n) is 19.6. The standard InChI is InChI=1S/C23H25F2N7O3S/c1-31-12-27-11-16(31)13-6-7-14(17(9-13)36(2,33)34)28-15-10-18(26)29-22-20(15)30-23(21(24)25)32(22)19-5-3-4-8-35-19/h6-7,9-12,19,21H,3-5,8H2,1-2H3,(H3,26,28,29). The molecule has 1 aliphatic heterocycles. The van der Waals surface area contributed by atoms with Gasteiger partial charge in [-0.1, -0.05) is 6.07 Å². The Morgan fingerprint density at radius 1 is 1.19 bits per heavy atom. The molecule has 0 radical (unpaired) electrons. The van der Waals surface area contributed by atoms with Gasteiger partial charge in [-0.05, 0) is 31.4 Å². The minimum Gasteiger partial charge on any atom is -0.384 e. The fourth-order valence-corrected chi connectivity index (χ4v) is 5.29. The molecule has 0 amide bonds. The SMILES string of the molecule is Cn1cncc1-c1ccc(Nc2cc(N)nc3c2nc(C(F)F)n3C2CCCCO2)c(S(C)(=O)=O)c1. The molecular formula is C23H25F2N7O3S. The van der Waals surface area contributed by atoms with Crippen molar-refractivity contribution in [2.45, 2.75) is 36.8 Å². The van der Waals surface area contributed by atoms with Crippen LogP contribution in [0.3, 0.4) is 0 Å². The van der Waals surface area contributed by atoms with Crippen LogP contribution in [-0.4, -0.2) is 45.4 Å². The first-order valence-corrected chi connectivity index (χ1v) is 13.2. The number of sulfone groups is 1. The summed E-state index contributed by atoms with van der Waals surface area (Å²) in [6, 6.07) is 6.33. The lowest BCUT2D eigenvalue weighted by Gasteiger charge is -2.25. The van der Waals surface area contributed by atoms with Crippen LogP contribution in [-0.2, 0) is 21.6 Å². The Morgan fingerprint density at radius 3 is 2.64 bits per heavy atom. The third kappa shape index (κ3) is 4.39. The van der Waals surface area contributed by atoms with Gasteiger partial charge >= 0.3 is 0 Å². The van der Waals surface area contributed by atoms with Gasteiger partial charge in [0, 0.05) is 31.5 Å². The molecule has 1 aliphatic rings. The van der Waals surface area contributed by atoms with Crippen molar-refractivity contribution >= 4 is 38.2 Å². The minimum absolute atomic E-state index is 0.0221. The first-order valence-electron chi connectivity index (χ1n) is 11.3. The van der Waals surface area contributed by atoms with Crippen LogP contribution in [0, 0.1) is 0 Å². The molecule has 1 atom stereocenters. The van der Waals surface area contributed by atoms with E-state index in [1.807, 2.05) is 0 Å². The van der Waals surface area contributed by atoms with Gasteiger partial charge in [0.25, 0.3) is 6.43 Å². The molecule has 4 heterocycles. The lowest BCUT2D eigenvalue weighted by atomic mass is 10.1. The number of halogens is 2. The Bertz CT molecular complexity index is 1540. The number of anilines is 3. The summed E-state index contributed by atoms with van der Waals surface area (Å²) in [5.41, 5.74) is 8.22. The molecule has 1 unspecified atom stereocenters. The van der Waals surface area contributed by atoms with E-state index < -0.39 is 28.3 Å². The largest absolute Gasteiger partial charge is 0.384 e. The molecule has 36 heavy (non-hydrogen) atoms. The Kier molecular flexibility index (Phi) is 6.12. The Hall–Kier alpha value is -3.58. The van der Waals surface area contributed by atoms with E-state index in [9.17, 15) is 17.2 Å². The molecule has 1 aromatic carbocycles. The van der Waals surface area contributed by atoms with Gasteiger partial charge in [0.1, 0.15) is 17.6 Å². The van der Waals surface area contributed by atoms with Crippen LogP contribution in [0.15, 0.2) is 41.7 Å². The number of aryl methyl sites for hydroxylation is 1. The molecule has 0 aliphatic carbocycles. The molecule has 0 spiro atoms. The number of benzene rings is 1. The molecule has 3 N–H and O–H groups in total. The number of nitrogens with two attached hydrogens (primary N) is 1. The van der Waals surface area contributed by atoms with Crippen molar-refractivity contribution < 1.29 is 21.9 Å². The zero-order chi connectivity index (χ0) is 25.6. The summed E-state index contributed by atoms with van der Waals surface area (Å²) < 4.78 is 62.2. The lowest BCUT2D eigenvalue weighted by molar-refractivity contribution is -0.0363. The molecule has 190 valence electrons. The molecule has 1 saturated heterocycles. The number of ether oxygens (including phenoxy) is 1. The van der Waals surface area contributed by atoms with Gasteiger partial charge in [-0.3, -0.25) is 4.57 Å². The highest BCUT2D eigenvalue weighted by atomic mass is 32.2. The summed E-state index contributed by atoms with van der Waals surface area (Å²) >= 11 is 0. The second-order valence-electron chi connectivity index (χ2n) is 8.73. The fraction of sp³-hybridized carbons (Fsp3) is 0.348. The zero-order valence-corrected chi connectivity index (χ0v) is 20.5. The first-order chi connectivity index (χ1) is 17.1. The Balaban J connectivity index is 1.64. The second-order valence-corrected chi connectivity index (χ2v) is 10.7. The summed E-state index contributed by atoms with van der Waals surface area (Å²) in [5.74, 6) is -0.414. The summed E-state index contributed by atoms with van der Waals surface area (Å²) in [6.07, 6.45) is 3.04. The van der Waals surface area contributed by atoms with E-state index in [0.717, 1.165) is 24.8 Å². The van der Waals surface area contributed by atoms with Crippen LogP contribution in [0.1, 0.15) is 37.7 Å². The normalized spacial score (nSPS) is 16.6. The van der Waals surface area contributed by atoms with E-state index in [2.05, 4.69) is 20.3 Å². The lowest BCUT2D eigenvalue weighted by Crippen LogP contribution is -2.20. The number of fused-ring (bicyclic) bond motifs is 1. The van der Waals surface area contributed by atoms with Crippen LogP contribution in [0.25, 0.3) is 22.4 Å². The van der Waals surface area contributed by atoms with Crippen LogP contribution in [0.5, 0.6) is 0 Å². The number of alkyl halides is 2. The number of nitrogens with zero attached hydrogens (tertiary/aromatic N) is 5. The van der Waals surface area contributed by atoms with Gasteiger partial charge in [-0.15, -0.1) is 0 Å². The van der Waals surface area contributed by atoms with Gasteiger partial charge in [0.05, 0.1) is 34.5 Å². The van der Waals surface area contributed by atoms with Crippen molar-refractivity contribution in [3.8, 4) is 11.3 Å². The van der Waals surface area contributed by atoms with Gasteiger partial charge in [-0.25, -0.2) is 32.2 Å². The van der Waals surface area contributed by atoms with Crippen LogP contribution in [0.2, 0.25) is 0 Å². The van der Waals surface area contributed by atoms with Gasteiger partial charge in [-0.2, -0.15) is 0 Å². The monoisotopic (exact) mass is 517 g/mol. The van der Waals surface area contributed by atoms with E-state index >= 15 is 0 Å². The highest BCUT2D eigenvalue weighted by Gasteiger charge is 2.29. The Labute approximate surface area is 206 Å². The topological polar surface area (TPSA) is 130 Å². The number of hydrogen-bond donors (Lipinski definition) is 2. The highest BCUT2D eigenvalue weighted by molar-refractivity contribution is 7.90. The van der Waals surface area contributed by atoms with Crippen molar-refractivity contribution in [3.63, 3.8) is 0 Å². The molecule has 0 saturated carbocycles. The van der Waals surface area contributed by atoms with Crippen molar-refractivity contribution in [2.75, 3.05) is 23.9 Å². The van der Waals surface area contributed by atoms with Crippen molar-refractivity contribution in [3.05, 3.63) is 42.6 Å². The van der Waals surface area contributed by atoms with Gasteiger partial charge in [0.15, 0.2) is 21.3 Å². The number of aromatic nitrogens is 5.